The van der Waals surface area contributed by atoms with E-state index in [1.807, 2.05) is 0 Å². The second-order valence-electron chi connectivity index (χ2n) is 7.26. The molecule has 0 fully saturated rings. The molecule has 0 aromatic rings. The maximum atomic E-state index is 11.5. The fraction of sp³-hybridized carbons (Fsp3) is 0.950. The Kier molecular flexibility index (Phi) is 23.1. The van der Waals surface area contributed by atoms with Gasteiger partial charge >= 0.3 is 29.6 Å². The van der Waals surface area contributed by atoms with Crippen molar-refractivity contribution in [3.05, 3.63) is 0 Å². The Morgan fingerprint density at radius 3 is 1.59 bits per heavy atom. The quantitative estimate of drug-likeness (QED) is 0.115. The molecule has 0 rings (SSSR count). The van der Waals surface area contributed by atoms with Crippen LogP contribution in [-0.4, -0.2) is 31.2 Å². The molecule has 0 saturated heterocycles. The minimum Gasteiger partial charge on any atom is -0.862 e. The minimum atomic E-state index is -3.94. The van der Waals surface area contributed by atoms with Crippen LogP contribution in [0.5, 0.6) is 0 Å². The fourth-order valence-corrected chi connectivity index (χ4v) is 3.49. The minimum absolute atomic E-state index is 0. The van der Waals surface area contributed by atoms with Gasteiger partial charge < -0.3 is 10.1 Å². The molecule has 0 bridgehead atoms. The summed E-state index contributed by atoms with van der Waals surface area (Å²) in [4.78, 5) is 3.81. The van der Waals surface area contributed by atoms with Crippen molar-refractivity contribution in [3.8, 4) is 0 Å². The van der Waals surface area contributed by atoms with Crippen molar-refractivity contribution in [2.24, 2.45) is 4.99 Å². The number of rotatable bonds is 19. The van der Waals surface area contributed by atoms with Gasteiger partial charge in [-0.25, -0.2) is 0 Å². The molecule has 0 heterocycles. The standard InChI is InChI=1S/C20H41NO4S.Na/c1-2-3-4-5-6-7-8-9-10-11-12-13-14-15-17-20(22)21-18-16-19-26(23,24)25;/h2-19H2,1H3,(H,21,22)(H,23,24,25);/q;+1/p-1. The summed E-state index contributed by atoms with van der Waals surface area (Å²) >= 11 is 0. The van der Waals surface area contributed by atoms with E-state index in [0.29, 0.717) is 6.42 Å². The van der Waals surface area contributed by atoms with Crippen molar-refractivity contribution in [2.45, 2.75) is 110 Å². The van der Waals surface area contributed by atoms with Crippen LogP contribution in [0.4, 0.5) is 0 Å². The SMILES string of the molecule is CCCCCCCCCCCCCCCCC([O-])=NCCCS(=O)(=O)O.[Na+]. The first-order chi connectivity index (χ1) is 12.5. The van der Waals surface area contributed by atoms with Gasteiger partial charge in [-0.15, -0.1) is 0 Å². The van der Waals surface area contributed by atoms with Crippen LogP contribution in [0.15, 0.2) is 4.99 Å². The molecule has 5 nitrogen and oxygen atoms in total. The van der Waals surface area contributed by atoms with E-state index in [-0.39, 0.29) is 54.2 Å². The predicted octanol–water partition coefficient (Wildman–Crippen LogP) is 1.90. The van der Waals surface area contributed by atoms with E-state index in [4.69, 9.17) is 4.55 Å². The second kappa shape index (κ2) is 21.1. The fourth-order valence-electron chi connectivity index (χ4n) is 3.00. The van der Waals surface area contributed by atoms with Crippen molar-refractivity contribution >= 4 is 16.0 Å². The molecular weight excluding hydrogens is 373 g/mol. The Hall–Kier alpha value is 0.380. The molecule has 0 aliphatic carbocycles. The van der Waals surface area contributed by atoms with Crippen LogP contribution >= 0.6 is 0 Å². The zero-order chi connectivity index (χ0) is 19.5. The molecule has 0 saturated carbocycles. The smallest absolute Gasteiger partial charge is 0.862 e. The zero-order valence-electron chi connectivity index (χ0n) is 17.8. The van der Waals surface area contributed by atoms with Crippen molar-refractivity contribution < 1.29 is 47.6 Å². The van der Waals surface area contributed by atoms with Crippen LogP contribution in [0.3, 0.4) is 0 Å². The van der Waals surface area contributed by atoms with E-state index in [0.717, 1.165) is 12.8 Å². The molecule has 0 aliphatic rings. The third kappa shape index (κ3) is 26.4. The van der Waals surface area contributed by atoms with Gasteiger partial charge in [0.25, 0.3) is 10.1 Å². The summed E-state index contributed by atoms with van der Waals surface area (Å²) in [6, 6.07) is 0. The summed E-state index contributed by atoms with van der Waals surface area (Å²) in [7, 11) is -3.94. The van der Waals surface area contributed by atoms with E-state index in [9.17, 15) is 13.5 Å². The van der Waals surface area contributed by atoms with Gasteiger partial charge in [-0.1, -0.05) is 90.4 Å². The van der Waals surface area contributed by atoms with Gasteiger partial charge in [0.15, 0.2) is 0 Å². The average molecular weight is 414 g/mol. The van der Waals surface area contributed by atoms with Crippen molar-refractivity contribution in [3.63, 3.8) is 0 Å². The third-order valence-electron chi connectivity index (χ3n) is 4.59. The maximum absolute atomic E-state index is 11.5. The molecular formula is C20H40NNaO4S. The Bertz CT molecular complexity index is 441. The molecule has 0 atom stereocenters. The molecule has 7 heteroatoms. The normalized spacial score (nSPS) is 12.1. The molecule has 1 N–H and O–H groups in total. The maximum Gasteiger partial charge on any atom is 1.00 e. The summed E-state index contributed by atoms with van der Waals surface area (Å²) in [5.41, 5.74) is 0. The summed E-state index contributed by atoms with van der Waals surface area (Å²) in [5.74, 6) is -0.484. The van der Waals surface area contributed by atoms with Gasteiger partial charge in [0.1, 0.15) is 0 Å². The first-order valence-electron chi connectivity index (χ1n) is 10.6. The zero-order valence-corrected chi connectivity index (χ0v) is 20.6. The first-order valence-corrected chi connectivity index (χ1v) is 12.2. The molecule has 27 heavy (non-hydrogen) atoms. The molecule has 0 amide bonds. The average Bonchev–Trinajstić information content (AvgIpc) is 2.58. The van der Waals surface area contributed by atoms with Gasteiger partial charge in [-0.05, 0) is 25.2 Å². The van der Waals surface area contributed by atoms with E-state index < -0.39 is 10.1 Å². The van der Waals surface area contributed by atoms with E-state index in [2.05, 4.69) is 11.9 Å². The molecule has 156 valence electrons. The number of unbranched alkanes of at least 4 members (excludes halogenated alkanes) is 13. The van der Waals surface area contributed by atoms with Crippen molar-refractivity contribution in [1.29, 1.82) is 0 Å². The number of aliphatic imine (C=N–C) groups is 1. The monoisotopic (exact) mass is 413 g/mol. The van der Waals surface area contributed by atoms with Gasteiger partial charge in [0.2, 0.25) is 0 Å². The Balaban J connectivity index is 0. The number of nitrogens with zero attached hydrogens (tertiary/aromatic N) is 1. The van der Waals surface area contributed by atoms with Crippen LogP contribution in [0.1, 0.15) is 110 Å². The second-order valence-corrected chi connectivity index (χ2v) is 8.83. The Morgan fingerprint density at radius 2 is 1.19 bits per heavy atom. The van der Waals surface area contributed by atoms with Crippen LogP contribution in [0.2, 0.25) is 0 Å². The van der Waals surface area contributed by atoms with Crippen LogP contribution in [0.25, 0.3) is 0 Å². The van der Waals surface area contributed by atoms with Gasteiger partial charge in [-0.2, -0.15) is 8.42 Å². The largest absolute Gasteiger partial charge is 1.00 e. The van der Waals surface area contributed by atoms with E-state index in [1.165, 1.54) is 77.0 Å². The summed E-state index contributed by atoms with van der Waals surface area (Å²) < 4.78 is 29.6. The molecule has 0 aliphatic heterocycles. The third-order valence-corrected chi connectivity index (χ3v) is 5.40. The summed E-state index contributed by atoms with van der Waals surface area (Å²) in [6.45, 7) is 2.43. The molecule has 0 aromatic carbocycles. The first kappa shape index (κ1) is 29.6. The van der Waals surface area contributed by atoms with Gasteiger partial charge in [0.05, 0.1) is 5.75 Å². The van der Waals surface area contributed by atoms with Crippen LogP contribution < -0.4 is 34.7 Å². The van der Waals surface area contributed by atoms with E-state index >= 15 is 0 Å². The van der Waals surface area contributed by atoms with Gasteiger partial charge in [0, 0.05) is 6.54 Å². The number of hydrogen-bond acceptors (Lipinski definition) is 4. The van der Waals surface area contributed by atoms with E-state index in [1.54, 1.807) is 0 Å². The van der Waals surface area contributed by atoms with Crippen LogP contribution in [0, 0.1) is 0 Å². The number of hydrogen-bond donors (Lipinski definition) is 1. The van der Waals surface area contributed by atoms with Crippen LogP contribution in [-0.2, 0) is 10.1 Å². The molecule has 0 spiro atoms. The molecule has 0 unspecified atom stereocenters. The topological polar surface area (TPSA) is 89.8 Å². The molecule has 0 radical (unpaired) electrons. The van der Waals surface area contributed by atoms with Crippen molar-refractivity contribution in [2.75, 3.05) is 12.3 Å². The summed E-state index contributed by atoms with van der Waals surface area (Å²) in [5, 5.41) is 11.5. The predicted molar refractivity (Wildman–Crippen MR) is 108 cm³/mol. The Morgan fingerprint density at radius 1 is 0.778 bits per heavy atom. The summed E-state index contributed by atoms with van der Waals surface area (Å²) in [6.07, 6.45) is 18.6. The van der Waals surface area contributed by atoms with Gasteiger partial charge in [-0.3, -0.25) is 4.55 Å². The Labute approximate surface area is 189 Å². The van der Waals surface area contributed by atoms with Crippen molar-refractivity contribution in [1.82, 2.24) is 0 Å². The molecule has 0 aromatic heterocycles.